The Morgan fingerprint density at radius 1 is 1.03 bits per heavy atom. The van der Waals surface area contributed by atoms with Gasteiger partial charge in [-0.3, -0.25) is 19.5 Å². The van der Waals surface area contributed by atoms with Crippen molar-refractivity contribution in [2.75, 3.05) is 32.7 Å². The summed E-state index contributed by atoms with van der Waals surface area (Å²) in [7, 11) is 0. The number of benzene rings is 1. The summed E-state index contributed by atoms with van der Waals surface area (Å²) in [6, 6.07) is 14.4. The fraction of sp³-hybridized carbons (Fsp3) is 0.429. The van der Waals surface area contributed by atoms with Crippen molar-refractivity contribution < 1.29 is 9.59 Å². The molecule has 36 heavy (non-hydrogen) atoms. The van der Waals surface area contributed by atoms with Crippen molar-refractivity contribution in [3.8, 4) is 0 Å². The number of likely N-dealkylation sites (tertiary alicyclic amines) is 1. The Bertz CT molecular complexity index is 1170. The van der Waals surface area contributed by atoms with Gasteiger partial charge in [0.15, 0.2) is 0 Å². The number of hydrogen-bond acceptors (Lipinski definition) is 5. The lowest BCUT2D eigenvalue weighted by atomic mass is 9.94. The predicted molar refractivity (Wildman–Crippen MR) is 137 cm³/mol. The number of piperidine rings is 1. The average molecular weight is 487 g/mol. The van der Waals surface area contributed by atoms with Gasteiger partial charge in [-0.2, -0.15) is 0 Å². The van der Waals surface area contributed by atoms with E-state index in [2.05, 4.69) is 44.0 Å². The van der Waals surface area contributed by atoms with E-state index in [4.69, 9.17) is 4.98 Å². The van der Waals surface area contributed by atoms with E-state index in [9.17, 15) is 9.59 Å². The van der Waals surface area contributed by atoms with E-state index >= 15 is 0 Å². The first-order valence-electron chi connectivity index (χ1n) is 12.9. The van der Waals surface area contributed by atoms with Gasteiger partial charge in [0, 0.05) is 64.8 Å². The molecule has 1 N–H and O–H groups in total. The Morgan fingerprint density at radius 3 is 2.56 bits per heavy atom. The number of carbonyl (C=O) groups excluding carboxylic acids is 2. The fourth-order valence-corrected chi connectivity index (χ4v) is 5.38. The minimum atomic E-state index is -0.143. The third-order valence-electron chi connectivity index (χ3n) is 7.37. The molecule has 1 saturated heterocycles. The molecule has 8 heteroatoms. The molecule has 1 aromatic carbocycles. The highest BCUT2D eigenvalue weighted by Crippen LogP contribution is 2.33. The highest BCUT2D eigenvalue weighted by Gasteiger charge is 2.34. The molecule has 1 unspecified atom stereocenters. The number of fused-ring (bicyclic) bond motifs is 1. The Kier molecular flexibility index (Phi) is 7.41. The quantitative estimate of drug-likeness (QED) is 0.555. The highest BCUT2D eigenvalue weighted by atomic mass is 16.2. The Hall–Kier alpha value is -3.52. The SMILES string of the molecule is CC(=O)N1CCC(CN2CCn3cc(C(=O)NCCc4cccnc4)nc3C2c2ccccc2)CC1. The molecule has 0 bridgehead atoms. The van der Waals surface area contributed by atoms with Crippen LogP contribution in [0.3, 0.4) is 0 Å². The molecule has 2 aliphatic rings. The van der Waals surface area contributed by atoms with Crippen LogP contribution in [0.2, 0.25) is 0 Å². The third kappa shape index (κ3) is 5.49. The first-order chi connectivity index (χ1) is 17.6. The van der Waals surface area contributed by atoms with Crippen LogP contribution >= 0.6 is 0 Å². The molecule has 2 amide bonds. The summed E-state index contributed by atoms with van der Waals surface area (Å²) in [5.41, 5.74) is 2.75. The molecular formula is C28H34N6O2. The molecule has 5 rings (SSSR count). The zero-order valence-corrected chi connectivity index (χ0v) is 20.8. The second-order valence-electron chi connectivity index (χ2n) is 9.80. The molecule has 4 heterocycles. The molecule has 0 saturated carbocycles. The number of nitrogens with zero attached hydrogens (tertiary/aromatic N) is 5. The third-order valence-corrected chi connectivity index (χ3v) is 7.37. The maximum Gasteiger partial charge on any atom is 0.271 e. The summed E-state index contributed by atoms with van der Waals surface area (Å²) in [4.78, 5) is 38.1. The normalized spacial score (nSPS) is 18.6. The number of pyridine rings is 1. The summed E-state index contributed by atoms with van der Waals surface area (Å²) < 4.78 is 2.14. The van der Waals surface area contributed by atoms with Gasteiger partial charge in [-0.1, -0.05) is 36.4 Å². The van der Waals surface area contributed by atoms with Crippen molar-refractivity contribution in [3.63, 3.8) is 0 Å². The summed E-state index contributed by atoms with van der Waals surface area (Å²) >= 11 is 0. The minimum Gasteiger partial charge on any atom is -0.350 e. The summed E-state index contributed by atoms with van der Waals surface area (Å²) in [5.74, 6) is 1.49. The van der Waals surface area contributed by atoms with Crippen LogP contribution in [-0.4, -0.2) is 68.9 Å². The smallest absolute Gasteiger partial charge is 0.271 e. The number of nitrogens with one attached hydrogen (secondary N) is 1. The van der Waals surface area contributed by atoms with Crippen LogP contribution in [0.5, 0.6) is 0 Å². The summed E-state index contributed by atoms with van der Waals surface area (Å²) in [6.45, 7) is 6.54. The molecule has 0 spiro atoms. The van der Waals surface area contributed by atoms with E-state index in [1.54, 1.807) is 13.1 Å². The van der Waals surface area contributed by atoms with Gasteiger partial charge in [0.05, 0.1) is 6.04 Å². The molecule has 3 aromatic rings. The number of carbonyl (C=O) groups is 2. The molecule has 188 valence electrons. The zero-order chi connectivity index (χ0) is 24.9. The van der Waals surface area contributed by atoms with Crippen LogP contribution < -0.4 is 5.32 Å². The highest BCUT2D eigenvalue weighted by molar-refractivity contribution is 5.92. The van der Waals surface area contributed by atoms with Crippen LogP contribution in [0.1, 0.15) is 53.2 Å². The van der Waals surface area contributed by atoms with Gasteiger partial charge >= 0.3 is 0 Å². The lowest BCUT2D eigenvalue weighted by Crippen LogP contribution is -2.44. The van der Waals surface area contributed by atoms with Crippen LogP contribution in [0.4, 0.5) is 0 Å². The van der Waals surface area contributed by atoms with E-state index in [-0.39, 0.29) is 17.9 Å². The van der Waals surface area contributed by atoms with Crippen LogP contribution in [0.25, 0.3) is 0 Å². The van der Waals surface area contributed by atoms with E-state index < -0.39 is 0 Å². The van der Waals surface area contributed by atoms with E-state index in [1.807, 2.05) is 35.5 Å². The first-order valence-corrected chi connectivity index (χ1v) is 12.9. The number of rotatable bonds is 7. The van der Waals surface area contributed by atoms with Gasteiger partial charge in [-0.25, -0.2) is 4.98 Å². The maximum atomic E-state index is 12.9. The van der Waals surface area contributed by atoms with Crippen molar-refractivity contribution in [1.82, 2.24) is 29.7 Å². The maximum absolute atomic E-state index is 12.9. The minimum absolute atomic E-state index is 0.00253. The van der Waals surface area contributed by atoms with Crippen molar-refractivity contribution in [1.29, 1.82) is 0 Å². The van der Waals surface area contributed by atoms with Crippen molar-refractivity contribution in [2.24, 2.45) is 5.92 Å². The Morgan fingerprint density at radius 2 is 1.83 bits per heavy atom. The average Bonchev–Trinajstić information content (AvgIpc) is 3.34. The Labute approximate surface area is 212 Å². The van der Waals surface area contributed by atoms with Crippen molar-refractivity contribution >= 4 is 11.8 Å². The number of hydrogen-bond donors (Lipinski definition) is 1. The molecular weight excluding hydrogens is 452 g/mol. The summed E-state index contributed by atoms with van der Waals surface area (Å²) in [6.07, 6.45) is 8.25. The predicted octanol–water partition coefficient (Wildman–Crippen LogP) is 2.91. The van der Waals surface area contributed by atoms with Gasteiger partial charge < -0.3 is 14.8 Å². The second kappa shape index (κ2) is 11.0. The van der Waals surface area contributed by atoms with E-state index in [0.29, 0.717) is 18.2 Å². The molecule has 1 fully saturated rings. The van der Waals surface area contributed by atoms with Crippen LogP contribution in [-0.2, 0) is 17.8 Å². The number of imidazole rings is 1. The molecule has 0 aliphatic carbocycles. The van der Waals surface area contributed by atoms with Crippen molar-refractivity contribution in [2.45, 2.75) is 38.8 Å². The van der Waals surface area contributed by atoms with Gasteiger partial charge in [-0.15, -0.1) is 0 Å². The van der Waals surface area contributed by atoms with Crippen molar-refractivity contribution in [3.05, 3.63) is 83.7 Å². The van der Waals surface area contributed by atoms with Gasteiger partial charge in [0.2, 0.25) is 5.91 Å². The lowest BCUT2D eigenvalue weighted by molar-refractivity contribution is -0.130. The van der Waals surface area contributed by atoms with Gasteiger partial charge in [0.25, 0.3) is 5.91 Å². The molecule has 1 atom stereocenters. The lowest BCUT2D eigenvalue weighted by Gasteiger charge is -2.40. The van der Waals surface area contributed by atoms with E-state index in [1.165, 1.54) is 5.56 Å². The Balaban J connectivity index is 1.30. The van der Waals surface area contributed by atoms with E-state index in [0.717, 1.165) is 63.4 Å². The number of amides is 2. The second-order valence-corrected chi connectivity index (χ2v) is 9.80. The van der Waals surface area contributed by atoms with Gasteiger partial charge in [0.1, 0.15) is 11.5 Å². The summed E-state index contributed by atoms with van der Waals surface area (Å²) in [5, 5.41) is 3.01. The monoisotopic (exact) mass is 486 g/mol. The molecule has 8 nitrogen and oxygen atoms in total. The largest absolute Gasteiger partial charge is 0.350 e. The standard InChI is InChI=1S/C28H34N6O2/c1-21(35)32-14-10-23(11-15-32)19-33-16-17-34-20-25(28(36)30-13-9-22-6-5-12-29-18-22)31-27(34)26(33)24-7-3-2-4-8-24/h2-8,12,18,20,23,26H,9-11,13-17,19H2,1H3,(H,30,36). The molecule has 2 aliphatic heterocycles. The van der Waals surface area contributed by atoms with Gasteiger partial charge in [-0.05, 0) is 42.4 Å². The first kappa shape index (κ1) is 24.2. The number of aromatic nitrogens is 3. The van der Waals surface area contributed by atoms with Crippen LogP contribution in [0, 0.1) is 5.92 Å². The zero-order valence-electron chi connectivity index (χ0n) is 20.8. The van der Waals surface area contributed by atoms with Crippen LogP contribution in [0.15, 0.2) is 61.1 Å². The molecule has 0 radical (unpaired) electrons. The molecule has 2 aromatic heterocycles. The topological polar surface area (TPSA) is 83.4 Å². The fourth-order valence-electron chi connectivity index (χ4n) is 5.38.